The largest absolute Gasteiger partial charge is 0.481 e. The van der Waals surface area contributed by atoms with E-state index in [1.807, 2.05) is 0 Å². The summed E-state index contributed by atoms with van der Waals surface area (Å²) in [6, 6.07) is -0.558. The van der Waals surface area contributed by atoms with Crippen LogP contribution in [0.2, 0.25) is 0 Å². The Morgan fingerprint density at radius 3 is 2.43 bits per heavy atom. The van der Waals surface area contributed by atoms with Gasteiger partial charge < -0.3 is 19.6 Å². The van der Waals surface area contributed by atoms with Crippen LogP contribution < -0.4 is 0 Å². The first-order valence-electron chi connectivity index (χ1n) is 6.63. The summed E-state index contributed by atoms with van der Waals surface area (Å²) in [6.45, 7) is 1.63. The number of urea groups is 1. The van der Waals surface area contributed by atoms with Gasteiger partial charge in [-0.05, 0) is 13.3 Å². The molecule has 0 aliphatic carbocycles. The first kappa shape index (κ1) is 15.9. The van der Waals surface area contributed by atoms with Gasteiger partial charge in [0.2, 0.25) is 0 Å². The molecule has 0 aromatic heterocycles. The zero-order chi connectivity index (χ0) is 15.8. The van der Waals surface area contributed by atoms with E-state index in [2.05, 4.69) is 0 Å². The molecule has 2 aliphatic rings. The third-order valence-electron chi connectivity index (χ3n) is 4.00. The van der Waals surface area contributed by atoms with Crippen molar-refractivity contribution in [2.75, 3.05) is 32.8 Å². The van der Waals surface area contributed by atoms with Crippen molar-refractivity contribution in [3.8, 4) is 0 Å². The quantitative estimate of drug-likeness (QED) is 0.789. The number of carboxylic acid groups (broad SMARTS) is 1. The van der Waals surface area contributed by atoms with E-state index < -0.39 is 36.6 Å². The summed E-state index contributed by atoms with van der Waals surface area (Å²) in [5.41, 5.74) is -2.86. The molecule has 0 aromatic rings. The lowest BCUT2D eigenvalue weighted by Gasteiger charge is -2.34. The zero-order valence-electron chi connectivity index (χ0n) is 11.5. The average molecular weight is 310 g/mol. The normalized spacial score (nSPS) is 30.6. The van der Waals surface area contributed by atoms with Crippen LogP contribution in [0.25, 0.3) is 0 Å². The second kappa shape index (κ2) is 5.36. The van der Waals surface area contributed by atoms with Crippen LogP contribution in [0.5, 0.6) is 0 Å². The maximum Gasteiger partial charge on any atom is 0.406 e. The Labute approximate surface area is 119 Å². The van der Waals surface area contributed by atoms with Gasteiger partial charge in [-0.15, -0.1) is 0 Å². The predicted octanol–water partition coefficient (Wildman–Crippen LogP) is 1.17. The summed E-state index contributed by atoms with van der Waals surface area (Å²) in [4.78, 5) is 25.7. The number of likely N-dealkylation sites (tertiary alicyclic amines) is 1. The van der Waals surface area contributed by atoms with Crippen LogP contribution >= 0.6 is 0 Å². The number of amides is 2. The van der Waals surface area contributed by atoms with Crippen molar-refractivity contribution in [1.82, 2.24) is 9.80 Å². The van der Waals surface area contributed by atoms with Crippen molar-refractivity contribution in [1.29, 1.82) is 0 Å². The number of hydrogen-bond acceptors (Lipinski definition) is 3. The fourth-order valence-electron chi connectivity index (χ4n) is 2.69. The highest BCUT2D eigenvalue weighted by Gasteiger charge is 2.64. The lowest BCUT2D eigenvalue weighted by molar-refractivity contribution is -0.227. The van der Waals surface area contributed by atoms with Gasteiger partial charge in [-0.1, -0.05) is 0 Å². The van der Waals surface area contributed by atoms with Crippen LogP contribution in [0.3, 0.4) is 0 Å². The minimum Gasteiger partial charge on any atom is -0.481 e. The molecule has 0 radical (unpaired) electrons. The summed E-state index contributed by atoms with van der Waals surface area (Å²) in [7, 11) is 0. The maximum atomic E-state index is 13.1. The number of hydrogen-bond donors (Lipinski definition) is 1. The van der Waals surface area contributed by atoms with Crippen LogP contribution in [-0.4, -0.2) is 72.0 Å². The maximum absolute atomic E-state index is 13.1. The fourth-order valence-corrected chi connectivity index (χ4v) is 2.69. The molecule has 0 spiro atoms. The third kappa shape index (κ3) is 2.78. The Morgan fingerprint density at radius 1 is 1.29 bits per heavy atom. The molecule has 2 heterocycles. The monoisotopic (exact) mass is 310 g/mol. The highest BCUT2D eigenvalue weighted by molar-refractivity contribution is 5.80. The third-order valence-corrected chi connectivity index (χ3v) is 4.00. The minimum absolute atomic E-state index is 0.183. The van der Waals surface area contributed by atoms with E-state index in [-0.39, 0.29) is 12.6 Å². The van der Waals surface area contributed by atoms with Crippen molar-refractivity contribution in [2.45, 2.75) is 25.6 Å². The molecule has 2 aliphatic heterocycles. The van der Waals surface area contributed by atoms with Crippen molar-refractivity contribution in [2.24, 2.45) is 5.41 Å². The van der Waals surface area contributed by atoms with Crippen molar-refractivity contribution in [3.63, 3.8) is 0 Å². The molecular formula is C12H17F3N2O4. The molecule has 0 saturated carbocycles. The first-order valence-corrected chi connectivity index (χ1v) is 6.63. The van der Waals surface area contributed by atoms with Gasteiger partial charge in [0.05, 0.1) is 12.7 Å². The lowest BCUT2D eigenvalue weighted by atomic mass is 9.86. The van der Waals surface area contributed by atoms with E-state index in [1.54, 1.807) is 6.92 Å². The Morgan fingerprint density at radius 2 is 1.95 bits per heavy atom. The van der Waals surface area contributed by atoms with Gasteiger partial charge in [0.25, 0.3) is 0 Å². The number of alkyl halides is 3. The molecule has 9 heteroatoms. The second-order valence-electron chi connectivity index (χ2n) is 5.47. The fraction of sp³-hybridized carbons (Fsp3) is 0.833. The minimum atomic E-state index is -4.88. The molecule has 2 unspecified atom stereocenters. The highest BCUT2D eigenvalue weighted by Crippen LogP contribution is 2.45. The topological polar surface area (TPSA) is 70.1 Å². The number of nitrogens with zero attached hydrogens (tertiary/aromatic N) is 2. The van der Waals surface area contributed by atoms with E-state index in [9.17, 15) is 22.8 Å². The number of aliphatic carboxylic acids is 1. The summed E-state index contributed by atoms with van der Waals surface area (Å²) in [5.74, 6) is -1.93. The average Bonchev–Trinajstić information content (AvgIpc) is 2.83. The van der Waals surface area contributed by atoms with Crippen LogP contribution in [0.4, 0.5) is 18.0 Å². The van der Waals surface area contributed by atoms with E-state index in [1.165, 1.54) is 4.90 Å². The molecule has 1 N–H and O–H groups in total. The smallest absolute Gasteiger partial charge is 0.406 e. The number of halogens is 3. The summed E-state index contributed by atoms with van der Waals surface area (Å²) < 4.78 is 44.4. The molecule has 6 nitrogen and oxygen atoms in total. The lowest BCUT2D eigenvalue weighted by Crippen LogP contribution is -2.52. The Hall–Kier alpha value is -1.51. The summed E-state index contributed by atoms with van der Waals surface area (Å²) >= 11 is 0. The molecule has 0 bridgehead atoms. The number of carbonyl (C=O) groups is 2. The van der Waals surface area contributed by atoms with Crippen molar-refractivity contribution >= 4 is 12.0 Å². The SMILES string of the molecule is CC1CN(C(=O)N2CCC(C(=O)O)(C(F)(F)F)C2)CCO1. The van der Waals surface area contributed by atoms with E-state index in [0.717, 1.165) is 4.90 Å². The van der Waals surface area contributed by atoms with E-state index >= 15 is 0 Å². The second-order valence-corrected chi connectivity index (χ2v) is 5.47. The number of ether oxygens (including phenoxy) is 1. The zero-order valence-corrected chi connectivity index (χ0v) is 11.5. The van der Waals surface area contributed by atoms with Gasteiger partial charge in [0.15, 0.2) is 5.41 Å². The molecule has 2 amide bonds. The van der Waals surface area contributed by atoms with Gasteiger partial charge in [-0.2, -0.15) is 13.2 Å². The van der Waals surface area contributed by atoms with E-state index in [4.69, 9.17) is 9.84 Å². The van der Waals surface area contributed by atoms with Crippen molar-refractivity contribution < 1.29 is 32.6 Å². The summed E-state index contributed by atoms with van der Waals surface area (Å²) in [5, 5.41) is 8.96. The van der Waals surface area contributed by atoms with Gasteiger partial charge in [0.1, 0.15) is 0 Å². The van der Waals surface area contributed by atoms with Crippen LogP contribution in [0.1, 0.15) is 13.3 Å². The van der Waals surface area contributed by atoms with Gasteiger partial charge in [-0.25, -0.2) is 4.79 Å². The van der Waals surface area contributed by atoms with Gasteiger partial charge in [0, 0.05) is 26.2 Å². The first-order chi connectivity index (χ1) is 9.67. The number of carbonyl (C=O) groups excluding carboxylic acids is 1. The number of carboxylic acids is 1. The standard InChI is InChI=1S/C12H17F3N2O4/c1-8-6-16(4-5-21-8)10(20)17-3-2-11(7-17,9(18)19)12(13,14)15/h8H,2-7H2,1H3,(H,18,19). The van der Waals surface area contributed by atoms with Gasteiger partial charge in [-0.3, -0.25) is 4.79 Å². The Balaban J connectivity index is 2.10. The molecule has 0 aromatic carbocycles. The molecule has 2 saturated heterocycles. The van der Waals surface area contributed by atoms with Crippen molar-refractivity contribution in [3.05, 3.63) is 0 Å². The summed E-state index contributed by atoms with van der Waals surface area (Å²) in [6.07, 6.45) is -5.68. The van der Waals surface area contributed by atoms with E-state index in [0.29, 0.717) is 19.7 Å². The Bertz CT molecular complexity index is 443. The Kier molecular flexibility index (Phi) is 4.05. The molecular weight excluding hydrogens is 293 g/mol. The van der Waals surface area contributed by atoms with Crippen LogP contribution in [0.15, 0.2) is 0 Å². The highest BCUT2D eigenvalue weighted by atomic mass is 19.4. The molecule has 2 fully saturated rings. The molecule has 2 rings (SSSR count). The number of morpholine rings is 1. The molecule has 120 valence electrons. The van der Waals surface area contributed by atoms with Crippen LogP contribution in [-0.2, 0) is 9.53 Å². The predicted molar refractivity (Wildman–Crippen MR) is 64.7 cm³/mol. The molecule has 2 atom stereocenters. The number of rotatable bonds is 1. The van der Waals surface area contributed by atoms with Gasteiger partial charge >= 0.3 is 18.2 Å². The van der Waals surface area contributed by atoms with Crippen LogP contribution in [0, 0.1) is 5.41 Å². The molecule has 21 heavy (non-hydrogen) atoms.